The van der Waals surface area contributed by atoms with Crippen molar-refractivity contribution < 1.29 is 4.79 Å². The smallest absolute Gasteiger partial charge is 0.315 e. The van der Waals surface area contributed by atoms with Crippen molar-refractivity contribution in [1.82, 2.24) is 25.2 Å². The third-order valence-corrected chi connectivity index (χ3v) is 2.87. The summed E-state index contributed by atoms with van der Waals surface area (Å²) in [5, 5.41) is 14.0. The van der Waals surface area contributed by atoms with E-state index < -0.39 is 0 Å². The number of nitrogens with zero attached hydrogens (tertiary/aromatic N) is 3. The summed E-state index contributed by atoms with van der Waals surface area (Å²) in [5.74, 6) is 0.767. The number of hydrogen-bond acceptors (Lipinski definition) is 3. The number of carbonyl (C=O) groups excluding carboxylic acids is 1. The van der Waals surface area contributed by atoms with Gasteiger partial charge in [-0.05, 0) is 25.5 Å². The Bertz CT molecular complexity index is 551. The average Bonchev–Trinajstić information content (AvgIpc) is 2.82. The largest absolute Gasteiger partial charge is 0.338 e. The van der Waals surface area contributed by atoms with Crippen LogP contribution in [0.3, 0.4) is 0 Å². The number of nitrogens with one attached hydrogen (secondary N) is 2. The summed E-state index contributed by atoms with van der Waals surface area (Å²) in [7, 11) is 0. The van der Waals surface area contributed by atoms with Gasteiger partial charge < -0.3 is 10.6 Å². The first-order chi connectivity index (χ1) is 9.26. The minimum Gasteiger partial charge on any atom is -0.338 e. The second kappa shape index (κ2) is 6.17. The lowest BCUT2D eigenvalue weighted by atomic mass is 10.1. The van der Waals surface area contributed by atoms with Gasteiger partial charge in [0.25, 0.3) is 0 Å². The Morgan fingerprint density at radius 3 is 2.95 bits per heavy atom. The minimum absolute atomic E-state index is 0.131. The molecule has 19 heavy (non-hydrogen) atoms. The zero-order valence-electron chi connectivity index (χ0n) is 11.3. The molecule has 0 unspecified atom stereocenters. The molecule has 0 aliphatic carbocycles. The molecule has 0 fully saturated rings. The molecule has 0 bridgehead atoms. The first-order valence-electron chi connectivity index (χ1n) is 6.60. The zero-order valence-corrected chi connectivity index (χ0v) is 11.3. The third kappa shape index (κ3) is 3.01. The Morgan fingerprint density at radius 1 is 1.37 bits per heavy atom. The molecule has 0 aliphatic rings. The van der Waals surface area contributed by atoms with E-state index in [1.165, 1.54) is 0 Å². The van der Waals surface area contributed by atoms with Crippen LogP contribution in [0.2, 0.25) is 0 Å². The highest BCUT2D eigenvalue weighted by Gasteiger charge is 2.19. The molecule has 0 aliphatic heterocycles. The van der Waals surface area contributed by atoms with E-state index in [9.17, 15) is 4.79 Å². The molecule has 0 radical (unpaired) electrons. The van der Waals surface area contributed by atoms with E-state index in [2.05, 4.69) is 27.8 Å². The lowest BCUT2D eigenvalue weighted by Gasteiger charge is -2.16. The molecule has 0 aromatic carbocycles. The van der Waals surface area contributed by atoms with Gasteiger partial charge in [-0.15, -0.1) is 10.2 Å². The lowest BCUT2D eigenvalue weighted by Crippen LogP contribution is -2.38. The SMILES string of the molecule is CCC[C@H](NC(=O)NCC)c1nnc2ccccn12. The van der Waals surface area contributed by atoms with Crippen LogP contribution in [0.15, 0.2) is 24.4 Å². The molecule has 2 aromatic rings. The fraction of sp³-hybridized carbons (Fsp3) is 0.462. The molecule has 0 saturated heterocycles. The van der Waals surface area contributed by atoms with Crippen molar-refractivity contribution in [2.24, 2.45) is 0 Å². The number of carbonyl (C=O) groups is 1. The maximum atomic E-state index is 11.7. The fourth-order valence-corrected chi connectivity index (χ4v) is 2.02. The van der Waals surface area contributed by atoms with Crippen LogP contribution in [0.1, 0.15) is 38.6 Å². The van der Waals surface area contributed by atoms with E-state index in [0.29, 0.717) is 6.54 Å². The van der Waals surface area contributed by atoms with Crippen LogP contribution in [0.5, 0.6) is 0 Å². The predicted octanol–water partition coefficient (Wildman–Crippen LogP) is 1.89. The highest BCUT2D eigenvalue weighted by Crippen LogP contribution is 2.17. The Labute approximate surface area is 112 Å². The average molecular weight is 261 g/mol. The number of amides is 2. The topological polar surface area (TPSA) is 71.3 Å². The molecule has 6 heteroatoms. The molecule has 102 valence electrons. The predicted molar refractivity (Wildman–Crippen MR) is 72.8 cm³/mol. The number of aromatic nitrogens is 3. The Balaban J connectivity index is 2.25. The van der Waals surface area contributed by atoms with Crippen molar-refractivity contribution in [2.75, 3.05) is 6.54 Å². The quantitative estimate of drug-likeness (QED) is 0.863. The summed E-state index contributed by atoms with van der Waals surface area (Å²) in [5.41, 5.74) is 0.788. The van der Waals surface area contributed by atoms with E-state index in [4.69, 9.17) is 0 Å². The van der Waals surface area contributed by atoms with Crippen molar-refractivity contribution in [3.05, 3.63) is 30.2 Å². The molecule has 2 heterocycles. The zero-order chi connectivity index (χ0) is 13.7. The van der Waals surface area contributed by atoms with Gasteiger partial charge in [0.05, 0.1) is 6.04 Å². The Hall–Kier alpha value is -2.11. The van der Waals surface area contributed by atoms with Gasteiger partial charge in [-0.3, -0.25) is 4.40 Å². The normalized spacial score (nSPS) is 12.3. The number of pyridine rings is 1. The number of urea groups is 1. The molecule has 1 atom stereocenters. The van der Waals surface area contributed by atoms with Crippen LogP contribution in [-0.4, -0.2) is 27.2 Å². The minimum atomic E-state index is -0.173. The van der Waals surface area contributed by atoms with Crippen LogP contribution < -0.4 is 10.6 Å². The fourth-order valence-electron chi connectivity index (χ4n) is 2.02. The lowest BCUT2D eigenvalue weighted by molar-refractivity contribution is 0.236. The molecular weight excluding hydrogens is 242 g/mol. The van der Waals surface area contributed by atoms with E-state index >= 15 is 0 Å². The van der Waals surface area contributed by atoms with Crippen LogP contribution >= 0.6 is 0 Å². The number of hydrogen-bond donors (Lipinski definition) is 2. The highest BCUT2D eigenvalue weighted by atomic mass is 16.2. The summed E-state index contributed by atoms with van der Waals surface area (Å²) < 4.78 is 1.91. The first-order valence-corrected chi connectivity index (χ1v) is 6.60. The molecule has 0 saturated carbocycles. The molecule has 2 aromatic heterocycles. The molecule has 6 nitrogen and oxygen atoms in total. The summed E-state index contributed by atoms with van der Waals surface area (Å²) in [6.45, 7) is 4.57. The van der Waals surface area contributed by atoms with Crippen LogP contribution in [-0.2, 0) is 0 Å². The maximum absolute atomic E-state index is 11.7. The van der Waals surface area contributed by atoms with Crippen LogP contribution in [0, 0.1) is 0 Å². The van der Waals surface area contributed by atoms with Gasteiger partial charge in [-0.1, -0.05) is 19.4 Å². The van der Waals surface area contributed by atoms with Gasteiger partial charge >= 0.3 is 6.03 Å². The van der Waals surface area contributed by atoms with Crippen molar-refractivity contribution in [3.8, 4) is 0 Å². The summed E-state index contributed by atoms with van der Waals surface area (Å²) in [4.78, 5) is 11.7. The third-order valence-electron chi connectivity index (χ3n) is 2.87. The van der Waals surface area contributed by atoms with Crippen LogP contribution in [0.25, 0.3) is 5.65 Å². The summed E-state index contributed by atoms with van der Waals surface area (Å²) in [6.07, 6.45) is 3.69. The Morgan fingerprint density at radius 2 is 2.21 bits per heavy atom. The highest BCUT2D eigenvalue weighted by molar-refractivity contribution is 5.74. The standard InChI is InChI=1S/C13H19N5O/c1-3-7-10(15-13(19)14-4-2)12-17-16-11-8-5-6-9-18(11)12/h5-6,8-10H,3-4,7H2,1-2H3,(H2,14,15,19)/t10-/m0/s1. The molecule has 2 N–H and O–H groups in total. The number of rotatable bonds is 5. The van der Waals surface area contributed by atoms with Gasteiger partial charge in [0.2, 0.25) is 0 Å². The summed E-state index contributed by atoms with van der Waals surface area (Å²) >= 11 is 0. The van der Waals surface area contributed by atoms with Crippen molar-refractivity contribution in [3.63, 3.8) is 0 Å². The van der Waals surface area contributed by atoms with Gasteiger partial charge in [-0.2, -0.15) is 0 Å². The monoisotopic (exact) mass is 261 g/mol. The molecule has 0 spiro atoms. The van der Waals surface area contributed by atoms with Gasteiger partial charge in [-0.25, -0.2) is 4.79 Å². The van der Waals surface area contributed by atoms with Crippen molar-refractivity contribution in [2.45, 2.75) is 32.7 Å². The van der Waals surface area contributed by atoms with E-state index in [1.807, 2.05) is 35.7 Å². The molecule has 2 rings (SSSR count). The molecule has 2 amide bonds. The van der Waals surface area contributed by atoms with Crippen molar-refractivity contribution in [1.29, 1.82) is 0 Å². The van der Waals surface area contributed by atoms with E-state index in [0.717, 1.165) is 24.3 Å². The van der Waals surface area contributed by atoms with Crippen molar-refractivity contribution >= 4 is 11.7 Å². The van der Waals surface area contributed by atoms with E-state index in [-0.39, 0.29) is 12.1 Å². The summed E-state index contributed by atoms with van der Waals surface area (Å²) in [6, 6.07) is 5.43. The first kappa shape index (κ1) is 13.3. The number of fused-ring (bicyclic) bond motifs is 1. The van der Waals surface area contributed by atoms with Gasteiger partial charge in [0.15, 0.2) is 11.5 Å². The molecular formula is C13H19N5O. The second-order valence-electron chi connectivity index (χ2n) is 4.33. The van der Waals surface area contributed by atoms with Gasteiger partial charge in [0.1, 0.15) is 0 Å². The Kier molecular flexibility index (Phi) is 4.33. The van der Waals surface area contributed by atoms with Gasteiger partial charge in [0, 0.05) is 12.7 Å². The maximum Gasteiger partial charge on any atom is 0.315 e. The van der Waals surface area contributed by atoms with Crippen LogP contribution in [0.4, 0.5) is 4.79 Å². The second-order valence-corrected chi connectivity index (χ2v) is 4.33. The van der Waals surface area contributed by atoms with E-state index in [1.54, 1.807) is 0 Å².